The Labute approximate surface area is 210 Å². The monoisotopic (exact) mass is 495 g/mol. The van der Waals surface area contributed by atoms with E-state index in [1.165, 1.54) is 0 Å². The fraction of sp³-hybridized carbons (Fsp3) is 0.286. The van der Waals surface area contributed by atoms with E-state index in [0.717, 1.165) is 22.3 Å². The number of rotatable bonds is 11. The highest BCUT2D eigenvalue weighted by atomic mass is 35.5. The van der Waals surface area contributed by atoms with Crippen LogP contribution in [0.4, 0.5) is 0 Å². The molecule has 2 unspecified atom stereocenters. The van der Waals surface area contributed by atoms with Gasteiger partial charge in [0.15, 0.2) is 6.10 Å². The molecule has 0 saturated heterocycles. The van der Waals surface area contributed by atoms with Gasteiger partial charge in [0.1, 0.15) is 0 Å². The number of primary amides is 1. The van der Waals surface area contributed by atoms with Gasteiger partial charge in [-0.15, -0.1) is 0 Å². The number of hydrogen-bond donors (Lipinski definition) is 2. The van der Waals surface area contributed by atoms with Crippen LogP contribution in [-0.2, 0) is 31.3 Å². The van der Waals surface area contributed by atoms with E-state index < -0.39 is 23.8 Å². The van der Waals surface area contributed by atoms with Crippen molar-refractivity contribution >= 4 is 23.5 Å². The summed E-state index contributed by atoms with van der Waals surface area (Å²) >= 11 is 5.97. The van der Waals surface area contributed by atoms with Crippen LogP contribution in [0.3, 0.4) is 0 Å². The van der Waals surface area contributed by atoms with Crippen molar-refractivity contribution in [1.29, 1.82) is 0 Å². The summed E-state index contributed by atoms with van der Waals surface area (Å²) in [4.78, 5) is 24.4. The summed E-state index contributed by atoms with van der Waals surface area (Å²) in [5.41, 5.74) is 9.85. The average Bonchev–Trinajstić information content (AvgIpc) is 2.87. The van der Waals surface area contributed by atoms with Crippen LogP contribution >= 0.6 is 11.6 Å². The van der Waals surface area contributed by atoms with Crippen molar-refractivity contribution in [3.05, 3.63) is 94.5 Å². The molecule has 3 N–H and O–H groups in total. The second-order valence-corrected chi connectivity index (χ2v) is 8.70. The summed E-state index contributed by atoms with van der Waals surface area (Å²) in [6.45, 7) is 3.79. The van der Waals surface area contributed by atoms with Gasteiger partial charge >= 0.3 is 5.97 Å². The van der Waals surface area contributed by atoms with Crippen LogP contribution in [-0.4, -0.2) is 29.7 Å². The Morgan fingerprint density at radius 3 is 1.91 bits per heavy atom. The lowest BCUT2D eigenvalue weighted by Crippen LogP contribution is -2.47. The summed E-state index contributed by atoms with van der Waals surface area (Å²) < 4.78 is 10.6. The van der Waals surface area contributed by atoms with Gasteiger partial charge in [-0.05, 0) is 53.6 Å². The summed E-state index contributed by atoms with van der Waals surface area (Å²) in [7, 11) is 0. The number of hydrogen-bond acceptors (Lipinski definition) is 5. The molecule has 0 fully saturated rings. The van der Waals surface area contributed by atoms with Gasteiger partial charge in [-0.3, -0.25) is 4.79 Å². The first-order chi connectivity index (χ1) is 16.8. The van der Waals surface area contributed by atoms with Crippen molar-refractivity contribution in [1.82, 2.24) is 0 Å². The number of nitrogens with two attached hydrogens (primary N) is 1. The molecule has 1 amide bonds. The van der Waals surface area contributed by atoms with Crippen LogP contribution in [0.15, 0.2) is 72.8 Å². The number of amides is 1. The van der Waals surface area contributed by atoms with Crippen molar-refractivity contribution in [3.63, 3.8) is 0 Å². The van der Waals surface area contributed by atoms with Crippen LogP contribution in [0.5, 0.6) is 0 Å². The molecule has 6 nitrogen and oxygen atoms in total. The quantitative estimate of drug-likeness (QED) is 0.289. The molecule has 0 bridgehead atoms. The molecule has 7 heteroatoms. The lowest BCUT2D eigenvalue weighted by molar-refractivity contribution is -0.234. The van der Waals surface area contributed by atoms with Crippen LogP contribution in [0.2, 0.25) is 5.02 Å². The Balaban J connectivity index is 1.72. The minimum Gasteiger partial charge on any atom is -0.464 e. The lowest BCUT2D eigenvalue weighted by atomic mass is 9.98. The van der Waals surface area contributed by atoms with Crippen LogP contribution in [0.25, 0.3) is 11.1 Å². The first-order valence-electron chi connectivity index (χ1n) is 11.6. The van der Waals surface area contributed by atoms with Crippen molar-refractivity contribution in [3.8, 4) is 11.1 Å². The molecule has 0 heterocycles. The van der Waals surface area contributed by atoms with E-state index in [0.29, 0.717) is 17.9 Å². The third kappa shape index (κ3) is 6.69. The van der Waals surface area contributed by atoms with Crippen molar-refractivity contribution in [2.45, 2.75) is 45.0 Å². The smallest absolute Gasteiger partial charge is 0.335 e. The molecule has 0 spiro atoms. The van der Waals surface area contributed by atoms with Gasteiger partial charge in [0, 0.05) is 10.6 Å². The van der Waals surface area contributed by atoms with Crippen LogP contribution < -0.4 is 5.73 Å². The fourth-order valence-electron chi connectivity index (χ4n) is 3.61. The molecule has 2 atom stereocenters. The molecule has 3 rings (SSSR count). The minimum absolute atomic E-state index is 0.147. The summed E-state index contributed by atoms with van der Waals surface area (Å²) in [6, 6.07) is 22.6. The molecular formula is C28H30ClNO5. The Bertz CT molecular complexity index is 1130. The Kier molecular flexibility index (Phi) is 9.04. The van der Waals surface area contributed by atoms with Gasteiger partial charge in [0.05, 0.1) is 6.61 Å². The van der Waals surface area contributed by atoms with Crippen molar-refractivity contribution in [2.24, 2.45) is 5.73 Å². The van der Waals surface area contributed by atoms with Gasteiger partial charge in [0.2, 0.25) is 0 Å². The number of ether oxygens (including phenoxy) is 2. The molecule has 3 aromatic rings. The largest absolute Gasteiger partial charge is 0.464 e. The van der Waals surface area contributed by atoms with Crippen LogP contribution in [0, 0.1) is 0 Å². The zero-order valence-corrected chi connectivity index (χ0v) is 20.6. The van der Waals surface area contributed by atoms with E-state index in [9.17, 15) is 14.7 Å². The number of carbonyl (C=O) groups excluding carboxylic acids is 2. The molecule has 184 valence electrons. The van der Waals surface area contributed by atoms with Crippen LogP contribution in [0.1, 0.15) is 43.4 Å². The van der Waals surface area contributed by atoms with Gasteiger partial charge in [0.25, 0.3) is 11.7 Å². The first kappa shape index (κ1) is 26.4. The SMILES string of the molecule is CCCOC(=O)C(CC)OC(O)(C(N)=O)c1ccc(Cc2ccc(-c3ccc(Cl)cc3)cc2)cc1. The normalized spacial score (nSPS) is 13.6. The number of benzene rings is 3. The van der Waals surface area contributed by atoms with E-state index in [2.05, 4.69) is 24.3 Å². The maximum absolute atomic E-state index is 12.2. The predicted molar refractivity (Wildman–Crippen MR) is 136 cm³/mol. The third-order valence-corrected chi connectivity index (χ3v) is 5.87. The second kappa shape index (κ2) is 12.0. The predicted octanol–water partition coefficient (Wildman–Crippen LogP) is 4.98. The van der Waals surface area contributed by atoms with Gasteiger partial charge in [-0.2, -0.15) is 0 Å². The second-order valence-electron chi connectivity index (χ2n) is 8.27. The minimum atomic E-state index is -2.45. The molecule has 0 aromatic heterocycles. The van der Waals surface area contributed by atoms with E-state index in [4.69, 9.17) is 26.8 Å². The summed E-state index contributed by atoms with van der Waals surface area (Å²) in [6.07, 6.45) is 0.381. The highest BCUT2D eigenvalue weighted by Crippen LogP contribution is 2.27. The molecule has 0 aliphatic carbocycles. The standard InChI is InChI=1S/C28H30ClNO5/c1-3-17-34-26(31)25(4-2)35-28(33,27(30)32)23-13-7-20(8-14-23)18-19-5-9-21(10-6-19)22-11-15-24(29)16-12-22/h5-16,25,33H,3-4,17-18H2,1-2H3,(H2,30,32). The van der Waals surface area contributed by atoms with E-state index in [1.807, 2.05) is 31.2 Å². The number of aliphatic hydroxyl groups is 1. The molecule has 0 aliphatic heterocycles. The molecule has 35 heavy (non-hydrogen) atoms. The van der Waals surface area contributed by atoms with Gasteiger partial charge < -0.3 is 20.3 Å². The average molecular weight is 496 g/mol. The fourth-order valence-corrected chi connectivity index (χ4v) is 3.74. The Morgan fingerprint density at radius 2 is 1.43 bits per heavy atom. The van der Waals surface area contributed by atoms with E-state index in [1.54, 1.807) is 31.2 Å². The van der Waals surface area contributed by atoms with Crippen molar-refractivity contribution in [2.75, 3.05) is 6.61 Å². The number of esters is 1. The molecule has 3 aromatic carbocycles. The lowest BCUT2D eigenvalue weighted by Gasteiger charge is -2.29. The summed E-state index contributed by atoms with van der Waals surface area (Å²) in [5, 5.41) is 11.7. The highest BCUT2D eigenvalue weighted by molar-refractivity contribution is 6.30. The van der Waals surface area contributed by atoms with E-state index in [-0.39, 0.29) is 18.6 Å². The van der Waals surface area contributed by atoms with Crippen molar-refractivity contribution < 1.29 is 24.2 Å². The highest BCUT2D eigenvalue weighted by Gasteiger charge is 2.41. The van der Waals surface area contributed by atoms with Gasteiger partial charge in [-0.1, -0.05) is 86.1 Å². The first-order valence-corrected chi connectivity index (χ1v) is 12.0. The maximum atomic E-state index is 12.2. The number of halogens is 1. The zero-order valence-electron chi connectivity index (χ0n) is 19.9. The molecule has 0 radical (unpaired) electrons. The maximum Gasteiger partial charge on any atom is 0.335 e. The summed E-state index contributed by atoms with van der Waals surface area (Å²) in [5.74, 6) is -4.21. The zero-order chi connectivity index (χ0) is 25.4. The van der Waals surface area contributed by atoms with Gasteiger partial charge in [-0.25, -0.2) is 4.79 Å². The topological polar surface area (TPSA) is 98.8 Å². The molecule has 0 saturated carbocycles. The Hall–Kier alpha value is -3.19. The molecular weight excluding hydrogens is 466 g/mol. The van der Waals surface area contributed by atoms with E-state index >= 15 is 0 Å². The Morgan fingerprint density at radius 1 is 0.914 bits per heavy atom. The number of carbonyl (C=O) groups is 2. The third-order valence-electron chi connectivity index (χ3n) is 5.61. The molecule has 0 aliphatic rings.